The third-order valence-corrected chi connectivity index (χ3v) is 2.07. The van der Waals surface area contributed by atoms with E-state index in [1.165, 1.54) is 0 Å². The van der Waals surface area contributed by atoms with Crippen LogP contribution in [0.4, 0.5) is 5.69 Å². The fourth-order valence-electron chi connectivity index (χ4n) is 1.23. The van der Waals surface area contributed by atoms with E-state index in [4.69, 9.17) is 15.2 Å². The standard InChI is InChI=1S/C12H18N2O3.ClH/c1-16-8-9-17-11-4-2-10(3-5-11)14-12(15)6-7-13;/h2-5H,6-9,13H2,1H3,(H,14,15);1H. The Morgan fingerprint density at radius 2 is 1.94 bits per heavy atom. The number of hydrogen-bond acceptors (Lipinski definition) is 4. The molecule has 6 heteroatoms. The highest BCUT2D eigenvalue weighted by Gasteiger charge is 2.00. The van der Waals surface area contributed by atoms with E-state index in [1.807, 2.05) is 0 Å². The second kappa shape index (κ2) is 9.70. The molecule has 0 saturated heterocycles. The molecule has 0 aliphatic heterocycles. The van der Waals surface area contributed by atoms with Crippen molar-refractivity contribution in [3.8, 4) is 5.75 Å². The number of benzene rings is 1. The molecule has 0 aliphatic rings. The van der Waals surface area contributed by atoms with Crippen LogP contribution in [0, 0.1) is 0 Å². The van der Waals surface area contributed by atoms with Crippen LogP contribution in [-0.4, -0.2) is 32.8 Å². The highest BCUT2D eigenvalue weighted by Crippen LogP contribution is 2.15. The van der Waals surface area contributed by atoms with Crippen LogP contribution in [0.2, 0.25) is 0 Å². The monoisotopic (exact) mass is 274 g/mol. The summed E-state index contributed by atoms with van der Waals surface area (Å²) in [5.74, 6) is 0.666. The van der Waals surface area contributed by atoms with Gasteiger partial charge in [0, 0.05) is 25.8 Å². The molecule has 1 aromatic rings. The molecule has 0 atom stereocenters. The maximum atomic E-state index is 11.3. The largest absolute Gasteiger partial charge is 0.491 e. The fourth-order valence-corrected chi connectivity index (χ4v) is 1.23. The Labute approximate surface area is 113 Å². The minimum Gasteiger partial charge on any atom is -0.491 e. The van der Waals surface area contributed by atoms with Crippen molar-refractivity contribution in [2.75, 3.05) is 32.2 Å². The first-order valence-electron chi connectivity index (χ1n) is 5.48. The average molecular weight is 275 g/mol. The minimum atomic E-state index is -0.0828. The number of nitrogens with one attached hydrogen (secondary N) is 1. The van der Waals surface area contributed by atoms with E-state index < -0.39 is 0 Å². The first kappa shape index (κ1) is 16.7. The van der Waals surface area contributed by atoms with Gasteiger partial charge in [-0.25, -0.2) is 0 Å². The second-order valence-corrected chi connectivity index (χ2v) is 3.45. The molecule has 1 rings (SSSR count). The lowest BCUT2D eigenvalue weighted by molar-refractivity contribution is -0.116. The molecule has 5 nitrogen and oxygen atoms in total. The van der Waals surface area contributed by atoms with Crippen molar-refractivity contribution >= 4 is 24.0 Å². The Bertz CT molecular complexity index is 344. The second-order valence-electron chi connectivity index (χ2n) is 3.45. The maximum Gasteiger partial charge on any atom is 0.225 e. The Morgan fingerprint density at radius 1 is 1.28 bits per heavy atom. The molecule has 0 fully saturated rings. The zero-order valence-electron chi connectivity index (χ0n) is 10.3. The fraction of sp³-hybridized carbons (Fsp3) is 0.417. The molecule has 0 radical (unpaired) electrons. The molecule has 3 N–H and O–H groups in total. The van der Waals surface area contributed by atoms with E-state index in [1.54, 1.807) is 31.4 Å². The van der Waals surface area contributed by atoms with Crippen molar-refractivity contribution in [3.05, 3.63) is 24.3 Å². The van der Waals surface area contributed by atoms with Gasteiger partial charge < -0.3 is 20.5 Å². The SMILES string of the molecule is COCCOc1ccc(NC(=O)CCN)cc1.Cl. The number of carbonyl (C=O) groups excluding carboxylic acids is 1. The Kier molecular flexibility index (Phi) is 9.00. The van der Waals surface area contributed by atoms with Crippen molar-refractivity contribution in [1.29, 1.82) is 0 Å². The Hall–Kier alpha value is -1.30. The number of methoxy groups -OCH3 is 1. The van der Waals surface area contributed by atoms with Crippen LogP contribution in [0.15, 0.2) is 24.3 Å². The summed E-state index contributed by atoms with van der Waals surface area (Å²) in [6, 6.07) is 7.18. The van der Waals surface area contributed by atoms with Gasteiger partial charge in [0.1, 0.15) is 12.4 Å². The van der Waals surface area contributed by atoms with Gasteiger partial charge in [-0.2, -0.15) is 0 Å². The van der Waals surface area contributed by atoms with Gasteiger partial charge in [0.15, 0.2) is 0 Å². The lowest BCUT2D eigenvalue weighted by Crippen LogP contribution is -2.16. The minimum absolute atomic E-state index is 0. The smallest absolute Gasteiger partial charge is 0.225 e. The topological polar surface area (TPSA) is 73.6 Å². The van der Waals surface area contributed by atoms with Gasteiger partial charge in [-0.05, 0) is 24.3 Å². The predicted octanol–water partition coefficient (Wildman–Crippen LogP) is 1.42. The summed E-state index contributed by atoms with van der Waals surface area (Å²) in [6.45, 7) is 1.41. The van der Waals surface area contributed by atoms with Gasteiger partial charge in [0.25, 0.3) is 0 Å². The molecule has 1 amide bonds. The highest BCUT2D eigenvalue weighted by molar-refractivity contribution is 5.90. The summed E-state index contributed by atoms with van der Waals surface area (Å²) in [4.78, 5) is 11.3. The van der Waals surface area contributed by atoms with Crippen molar-refractivity contribution < 1.29 is 14.3 Å². The van der Waals surface area contributed by atoms with Crippen LogP contribution in [-0.2, 0) is 9.53 Å². The maximum absolute atomic E-state index is 11.3. The van der Waals surface area contributed by atoms with Crippen LogP contribution >= 0.6 is 12.4 Å². The van der Waals surface area contributed by atoms with Gasteiger partial charge in [-0.1, -0.05) is 0 Å². The summed E-state index contributed by atoms with van der Waals surface area (Å²) in [6.07, 6.45) is 0.325. The van der Waals surface area contributed by atoms with Crippen molar-refractivity contribution in [3.63, 3.8) is 0 Å². The van der Waals surface area contributed by atoms with E-state index in [9.17, 15) is 4.79 Å². The van der Waals surface area contributed by atoms with Crippen LogP contribution in [0.25, 0.3) is 0 Å². The van der Waals surface area contributed by atoms with Crippen LogP contribution in [0.3, 0.4) is 0 Å². The van der Waals surface area contributed by atoms with Gasteiger partial charge in [-0.3, -0.25) is 4.79 Å². The molecular formula is C12H19ClN2O3. The first-order chi connectivity index (χ1) is 8.26. The van der Waals surface area contributed by atoms with E-state index >= 15 is 0 Å². The molecule has 0 aliphatic carbocycles. The van der Waals surface area contributed by atoms with Crippen molar-refractivity contribution in [1.82, 2.24) is 0 Å². The molecule has 0 unspecified atom stereocenters. The van der Waals surface area contributed by atoms with Gasteiger partial charge in [-0.15, -0.1) is 12.4 Å². The summed E-state index contributed by atoms with van der Waals surface area (Å²) in [5.41, 5.74) is 6.02. The van der Waals surface area contributed by atoms with Crippen molar-refractivity contribution in [2.24, 2.45) is 5.73 Å². The molecule has 0 spiro atoms. The average Bonchev–Trinajstić information content (AvgIpc) is 2.32. The number of ether oxygens (including phenoxy) is 2. The number of anilines is 1. The normalized spacial score (nSPS) is 9.44. The number of amides is 1. The third-order valence-electron chi connectivity index (χ3n) is 2.07. The number of carbonyl (C=O) groups is 1. The third kappa shape index (κ3) is 6.44. The van der Waals surface area contributed by atoms with Crippen LogP contribution in [0.1, 0.15) is 6.42 Å². The van der Waals surface area contributed by atoms with Gasteiger partial charge >= 0.3 is 0 Å². The van der Waals surface area contributed by atoms with E-state index in [0.717, 1.165) is 11.4 Å². The number of halogens is 1. The van der Waals surface area contributed by atoms with Gasteiger partial charge in [0.2, 0.25) is 5.91 Å². The zero-order valence-corrected chi connectivity index (χ0v) is 11.2. The first-order valence-corrected chi connectivity index (χ1v) is 5.48. The Morgan fingerprint density at radius 3 is 2.50 bits per heavy atom. The van der Waals surface area contributed by atoms with Crippen LogP contribution in [0.5, 0.6) is 5.75 Å². The lowest BCUT2D eigenvalue weighted by atomic mass is 10.3. The molecular weight excluding hydrogens is 256 g/mol. The number of hydrogen-bond donors (Lipinski definition) is 2. The lowest BCUT2D eigenvalue weighted by Gasteiger charge is -2.07. The summed E-state index contributed by atoms with van der Waals surface area (Å²) < 4.78 is 10.3. The van der Waals surface area contributed by atoms with E-state index in [0.29, 0.717) is 26.2 Å². The summed E-state index contributed by atoms with van der Waals surface area (Å²) in [5, 5.41) is 2.74. The number of rotatable bonds is 7. The molecule has 0 saturated carbocycles. The molecule has 0 bridgehead atoms. The zero-order chi connectivity index (χ0) is 12.5. The molecule has 102 valence electrons. The molecule has 0 heterocycles. The van der Waals surface area contributed by atoms with Gasteiger partial charge in [0.05, 0.1) is 6.61 Å². The number of nitrogens with two attached hydrogens (primary N) is 1. The molecule has 1 aromatic carbocycles. The Balaban J connectivity index is 0.00000289. The summed E-state index contributed by atoms with van der Waals surface area (Å²) in [7, 11) is 1.62. The predicted molar refractivity (Wildman–Crippen MR) is 73.4 cm³/mol. The quantitative estimate of drug-likeness (QED) is 0.738. The van der Waals surface area contributed by atoms with E-state index in [2.05, 4.69) is 5.32 Å². The highest BCUT2D eigenvalue weighted by atomic mass is 35.5. The van der Waals surface area contributed by atoms with Crippen molar-refractivity contribution in [2.45, 2.75) is 6.42 Å². The molecule has 0 aromatic heterocycles. The van der Waals surface area contributed by atoms with Crippen LogP contribution < -0.4 is 15.8 Å². The van der Waals surface area contributed by atoms with E-state index in [-0.39, 0.29) is 18.3 Å². The molecule has 18 heavy (non-hydrogen) atoms. The summed E-state index contributed by atoms with van der Waals surface area (Å²) >= 11 is 0.